The number of nitrogens with one attached hydrogen (secondary N) is 3. The van der Waals surface area contributed by atoms with Gasteiger partial charge in [0.15, 0.2) is 11.6 Å². The molecule has 0 spiro atoms. The summed E-state index contributed by atoms with van der Waals surface area (Å²) in [4.78, 5) is 58.9. The zero-order chi connectivity index (χ0) is 44.8. The third kappa shape index (κ3) is 10.6. The van der Waals surface area contributed by atoms with Gasteiger partial charge in [0, 0.05) is 45.3 Å². The van der Waals surface area contributed by atoms with Crippen LogP contribution >= 0.6 is 0 Å². The van der Waals surface area contributed by atoms with Gasteiger partial charge in [0.2, 0.25) is 17.7 Å². The molecule has 7 rings (SSSR count). The van der Waals surface area contributed by atoms with Gasteiger partial charge in [0.1, 0.15) is 29.2 Å². The first-order chi connectivity index (χ1) is 30.2. The number of hydrogen-bond acceptors (Lipinski definition) is 11. The predicted molar refractivity (Wildman–Crippen MR) is 231 cm³/mol. The molecular weight excluding hydrogens is 837 g/mol. The number of fused-ring (bicyclic) bond motifs is 1. The Morgan fingerprint density at radius 1 is 1.00 bits per heavy atom. The molecule has 3 aromatic carbocycles. The first kappa shape index (κ1) is 45.1. The number of carbonyl (C=O) groups excluding carboxylic acids is 3. The standard InChI is InChI=1S/C44H51F2N9O7S/c1-3-52(2)63(60,61)51-38-11-9-35(45)42(34(38)25-47)62-31-7-10-37-33(24-31)44(59)55(27-48-37)18-4-5-28-14-21-54(22-15-28)41(57)26-53-19-16-29(17-20-53)32-8-6-30(23-36(32)46)49-39-12-13-40(56)50-43(39)58/h6-11,23-24,27-29,39,49,51H,3-5,12-22,26H2,1-2H3,(H,50,56,58). The average Bonchev–Trinajstić information content (AvgIpc) is 3.27. The summed E-state index contributed by atoms with van der Waals surface area (Å²) in [6, 6.07) is 12.7. The van der Waals surface area contributed by atoms with Gasteiger partial charge >= 0.3 is 10.2 Å². The monoisotopic (exact) mass is 887 g/mol. The van der Waals surface area contributed by atoms with E-state index in [1.54, 1.807) is 25.1 Å². The molecule has 334 valence electrons. The largest absolute Gasteiger partial charge is 0.453 e. The van der Waals surface area contributed by atoms with E-state index in [1.807, 2.05) is 11.0 Å². The van der Waals surface area contributed by atoms with Crippen molar-refractivity contribution in [1.29, 1.82) is 5.26 Å². The van der Waals surface area contributed by atoms with Crippen molar-refractivity contribution in [2.24, 2.45) is 5.92 Å². The van der Waals surface area contributed by atoms with Crippen molar-refractivity contribution in [2.45, 2.75) is 76.8 Å². The second-order valence-corrected chi connectivity index (χ2v) is 18.1. The number of halogens is 2. The number of hydrogen-bond donors (Lipinski definition) is 3. The van der Waals surface area contributed by atoms with E-state index in [1.165, 1.54) is 36.1 Å². The number of anilines is 2. The number of amides is 3. The van der Waals surface area contributed by atoms with Crippen molar-refractivity contribution >= 4 is 50.2 Å². The second kappa shape index (κ2) is 19.6. The van der Waals surface area contributed by atoms with Crippen LogP contribution in [0.2, 0.25) is 0 Å². The lowest BCUT2D eigenvalue weighted by atomic mass is 9.88. The van der Waals surface area contributed by atoms with E-state index in [0.29, 0.717) is 74.8 Å². The Bertz CT molecular complexity index is 2590. The quantitative estimate of drug-likeness (QED) is 0.135. The molecule has 3 saturated heterocycles. The lowest BCUT2D eigenvalue weighted by molar-refractivity contribution is -0.135. The molecule has 3 aliphatic rings. The third-order valence-electron chi connectivity index (χ3n) is 12.3. The van der Waals surface area contributed by atoms with Crippen LogP contribution in [0, 0.1) is 28.9 Å². The maximum Gasteiger partial charge on any atom is 0.301 e. The average molecular weight is 888 g/mol. The third-order valence-corrected chi connectivity index (χ3v) is 13.8. The molecule has 1 unspecified atom stereocenters. The van der Waals surface area contributed by atoms with E-state index in [0.717, 1.165) is 48.5 Å². The summed E-state index contributed by atoms with van der Waals surface area (Å²) in [5.74, 6) is -1.88. The van der Waals surface area contributed by atoms with Crippen LogP contribution in [0.3, 0.4) is 0 Å². The Morgan fingerprint density at radius 3 is 2.46 bits per heavy atom. The number of ether oxygens (including phenoxy) is 1. The number of rotatable bonds is 15. The molecule has 1 atom stereocenters. The number of carbonyl (C=O) groups is 3. The molecule has 4 aromatic rings. The smallest absolute Gasteiger partial charge is 0.301 e. The minimum absolute atomic E-state index is 0.0230. The van der Waals surface area contributed by atoms with Crippen LogP contribution in [0.15, 0.2) is 59.7 Å². The highest BCUT2D eigenvalue weighted by molar-refractivity contribution is 7.90. The number of benzene rings is 3. The minimum Gasteiger partial charge on any atom is -0.453 e. The SMILES string of the molecule is CCN(C)S(=O)(=O)Nc1ccc(F)c(Oc2ccc3ncn(CCCC4CCN(C(=O)CN5CCC(c6ccc(NC7CCC(=O)NC7=O)cc6F)CC5)CC4)c(=O)c3c2)c1C#N. The number of aromatic nitrogens is 2. The van der Waals surface area contributed by atoms with Crippen LogP contribution < -0.4 is 25.7 Å². The number of nitriles is 1. The summed E-state index contributed by atoms with van der Waals surface area (Å²) >= 11 is 0. The summed E-state index contributed by atoms with van der Waals surface area (Å²) in [6.07, 6.45) is 6.80. The Hall–Kier alpha value is -5.97. The van der Waals surface area contributed by atoms with Gasteiger partial charge in [0.25, 0.3) is 5.56 Å². The zero-order valence-corrected chi connectivity index (χ0v) is 36.1. The van der Waals surface area contributed by atoms with Crippen LogP contribution in [-0.2, 0) is 31.1 Å². The van der Waals surface area contributed by atoms with Gasteiger partial charge in [0.05, 0.1) is 29.5 Å². The normalized spacial score (nSPS) is 18.0. The lowest BCUT2D eigenvalue weighted by Crippen LogP contribution is -2.47. The molecule has 3 aliphatic heterocycles. The van der Waals surface area contributed by atoms with E-state index < -0.39 is 33.7 Å². The number of likely N-dealkylation sites (tertiary alicyclic amines) is 2. The number of piperidine rings is 3. The highest BCUT2D eigenvalue weighted by Crippen LogP contribution is 2.35. The summed E-state index contributed by atoms with van der Waals surface area (Å²) < 4.78 is 66.1. The molecule has 0 radical (unpaired) electrons. The van der Waals surface area contributed by atoms with E-state index in [4.69, 9.17) is 4.74 Å². The van der Waals surface area contributed by atoms with Crippen molar-refractivity contribution in [2.75, 3.05) is 56.4 Å². The van der Waals surface area contributed by atoms with Crippen LogP contribution in [0.4, 0.5) is 20.2 Å². The maximum absolute atomic E-state index is 15.2. The van der Waals surface area contributed by atoms with Crippen molar-refractivity contribution in [3.05, 3.63) is 88.0 Å². The fraction of sp³-hybridized carbons (Fsp3) is 0.455. The molecule has 19 heteroatoms. The fourth-order valence-electron chi connectivity index (χ4n) is 8.41. The van der Waals surface area contributed by atoms with Crippen LogP contribution in [0.5, 0.6) is 11.5 Å². The van der Waals surface area contributed by atoms with Gasteiger partial charge in [-0.2, -0.15) is 18.0 Å². The second-order valence-electron chi connectivity index (χ2n) is 16.4. The summed E-state index contributed by atoms with van der Waals surface area (Å²) in [7, 11) is -2.66. The molecule has 0 aliphatic carbocycles. The number of imide groups is 1. The highest BCUT2D eigenvalue weighted by atomic mass is 32.2. The summed E-state index contributed by atoms with van der Waals surface area (Å²) in [6.45, 7) is 5.20. The molecule has 3 amide bonds. The van der Waals surface area contributed by atoms with Gasteiger partial charge in [-0.3, -0.25) is 38.7 Å². The van der Waals surface area contributed by atoms with Crippen molar-refractivity contribution < 1.29 is 36.3 Å². The summed E-state index contributed by atoms with van der Waals surface area (Å²) in [5.41, 5.74) is 0.675. The van der Waals surface area contributed by atoms with E-state index >= 15 is 8.78 Å². The molecule has 4 heterocycles. The van der Waals surface area contributed by atoms with E-state index in [-0.39, 0.29) is 64.5 Å². The van der Waals surface area contributed by atoms with Gasteiger partial charge in [-0.05, 0) is 118 Å². The topological polar surface area (TPSA) is 199 Å². The number of aryl methyl sites for hydroxylation is 1. The first-order valence-electron chi connectivity index (χ1n) is 21.3. The predicted octanol–water partition coefficient (Wildman–Crippen LogP) is 5.06. The van der Waals surface area contributed by atoms with E-state index in [9.17, 15) is 32.9 Å². The van der Waals surface area contributed by atoms with Crippen molar-refractivity contribution in [3.8, 4) is 17.6 Å². The molecule has 63 heavy (non-hydrogen) atoms. The minimum atomic E-state index is -4.01. The fourth-order valence-corrected chi connectivity index (χ4v) is 9.36. The first-order valence-corrected chi connectivity index (χ1v) is 22.7. The van der Waals surface area contributed by atoms with Gasteiger partial charge < -0.3 is 15.0 Å². The maximum atomic E-state index is 15.2. The van der Waals surface area contributed by atoms with E-state index in [2.05, 4.69) is 25.2 Å². The zero-order valence-electron chi connectivity index (χ0n) is 35.2. The van der Waals surface area contributed by atoms with Crippen LogP contribution in [0.1, 0.15) is 75.3 Å². The molecule has 3 fully saturated rings. The van der Waals surface area contributed by atoms with Gasteiger partial charge in [-0.15, -0.1) is 0 Å². The van der Waals surface area contributed by atoms with Crippen LogP contribution in [-0.4, -0.2) is 102 Å². The Balaban J connectivity index is 0.863. The van der Waals surface area contributed by atoms with Crippen LogP contribution in [0.25, 0.3) is 10.9 Å². The van der Waals surface area contributed by atoms with Crippen molar-refractivity contribution in [1.82, 2.24) is 29.0 Å². The Kier molecular flexibility index (Phi) is 14.0. The van der Waals surface area contributed by atoms with Crippen molar-refractivity contribution in [3.63, 3.8) is 0 Å². The molecule has 16 nitrogen and oxygen atoms in total. The molecule has 0 saturated carbocycles. The molecule has 1 aromatic heterocycles. The van der Waals surface area contributed by atoms with Gasteiger partial charge in [-0.25, -0.2) is 13.8 Å². The lowest BCUT2D eigenvalue weighted by Gasteiger charge is -2.36. The summed E-state index contributed by atoms with van der Waals surface area (Å²) in [5, 5.41) is 15.4. The molecular formula is C44H51F2N9O7S. The number of nitrogens with zero attached hydrogens (tertiary/aromatic N) is 6. The van der Waals surface area contributed by atoms with Gasteiger partial charge in [-0.1, -0.05) is 13.0 Å². The molecule has 3 N–H and O–H groups in total. The Labute approximate surface area is 364 Å². The molecule has 0 bridgehead atoms. The highest BCUT2D eigenvalue weighted by Gasteiger charge is 2.30. The Morgan fingerprint density at radius 2 is 1.76 bits per heavy atom.